The van der Waals surface area contributed by atoms with Crippen molar-refractivity contribution in [2.24, 2.45) is 0 Å². The Hall–Kier alpha value is -0.390. The van der Waals surface area contributed by atoms with Gasteiger partial charge in [0, 0.05) is 0 Å². The maximum Gasteiger partial charge on any atom is -0.00322 e. The van der Waals surface area contributed by atoms with Gasteiger partial charge in [0.05, 0.1) is 0 Å². The standard InChI is InChI=1S/C7H10OP/c1-9(8)7-5-3-2-4-6-7/h2-6,8-9H,1H3. The Morgan fingerprint density at radius 3 is 2.11 bits per heavy atom. The first-order valence-electron chi connectivity index (χ1n) is 2.88. The van der Waals surface area contributed by atoms with E-state index >= 15 is 0 Å². The lowest BCUT2D eigenvalue weighted by Gasteiger charge is -2.02. The average molecular weight is 141 g/mol. The summed E-state index contributed by atoms with van der Waals surface area (Å²) in [7, 11) is -1.21. The van der Waals surface area contributed by atoms with Crippen LogP contribution in [0.1, 0.15) is 0 Å². The van der Waals surface area contributed by atoms with Crippen LogP contribution in [0.2, 0.25) is 0 Å². The van der Waals surface area contributed by atoms with Crippen molar-refractivity contribution < 1.29 is 4.89 Å². The number of benzene rings is 1. The average Bonchev–Trinajstić information content (AvgIpc) is 1.90. The highest BCUT2D eigenvalue weighted by molar-refractivity contribution is 7.59. The summed E-state index contributed by atoms with van der Waals surface area (Å²) in [6.07, 6.45) is 0. The second-order valence-electron chi connectivity index (χ2n) is 1.95. The van der Waals surface area contributed by atoms with E-state index in [2.05, 4.69) is 0 Å². The molecule has 0 aliphatic rings. The number of hydrogen-bond acceptors (Lipinski definition) is 1. The SMILES string of the molecule is C[PH](O)c1ccccc1. The zero-order valence-corrected chi connectivity index (χ0v) is 6.33. The monoisotopic (exact) mass is 141 g/mol. The van der Waals surface area contributed by atoms with Gasteiger partial charge in [0.25, 0.3) is 0 Å². The summed E-state index contributed by atoms with van der Waals surface area (Å²) >= 11 is 0. The van der Waals surface area contributed by atoms with Crippen LogP contribution in [0.3, 0.4) is 0 Å². The minimum Gasteiger partial charge on any atom is -0.379 e. The summed E-state index contributed by atoms with van der Waals surface area (Å²) < 4.78 is 0. The van der Waals surface area contributed by atoms with E-state index in [4.69, 9.17) is 4.89 Å². The van der Waals surface area contributed by atoms with Crippen molar-refractivity contribution in [3.63, 3.8) is 0 Å². The van der Waals surface area contributed by atoms with Crippen molar-refractivity contribution >= 4 is 13.5 Å². The van der Waals surface area contributed by atoms with Crippen LogP contribution in [0.4, 0.5) is 0 Å². The molecule has 1 nitrogen and oxygen atoms in total. The second-order valence-corrected chi connectivity index (χ2v) is 3.70. The Balaban J connectivity index is 2.85. The Kier molecular flexibility index (Phi) is 2.21. The van der Waals surface area contributed by atoms with E-state index in [-0.39, 0.29) is 0 Å². The molecular formula is C7H10OP. The highest BCUT2D eigenvalue weighted by atomic mass is 31.1. The van der Waals surface area contributed by atoms with Crippen molar-refractivity contribution in [2.75, 3.05) is 6.66 Å². The van der Waals surface area contributed by atoms with E-state index in [1.165, 1.54) is 0 Å². The fourth-order valence-corrected chi connectivity index (χ4v) is 1.35. The Morgan fingerprint density at radius 1 is 1.22 bits per heavy atom. The lowest BCUT2D eigenvalue weighted by molar-refractivity contribution is 0.641. The largest absolute Gasteiger partial charge is 0.379 e. The fourth-order valence-electron chi connectivity index (χ4n) is 0.679. The summed E-state index contributed by atoms with van der Waals surface area (Å²) in [5.74, 6) is 0. The van der Waals surface area contributed by atoms with E-state index in [1.807, 2.05) is 37.0 Å². The van der Waals surface area contributed by atoms with Gasteiger partial charge >= 0.3 is 0 Å². The summed E-state index contributed by atoms with van der Waals surface area (Å²) in [5, 5.41) is 1.07. The molecule has 0 amide bonds. The predicted molar refractivity (Wildman–Crippen MR) is 42.5 cm³/mol. The molecule has 0 saturated carbocycles. The van der Waals surface area contributed by atoms with Crippen molar-refractivity contribution in [1.82, 2.24) is 0 Å². The van der Waals surface area contributed by atoms with E-state index in [0.29, 0.717) is 0 Å². The molecule has 1 aromatic carbocycles. The molecule has 0 aliphatic carbocycles. The lowest BCUT2D eigenvalue weighted by Crippen LogP contribution is -1.95. The molecule has 0 bridgehead atoms. The van der Waals surface area contributed by atoms with Crippen molar-refractivity contribution in [3.8, 4) is 0 Å². The van der Waals surface area contributed by atoms with E-state index in [9.17, 15) is 0 Å². The summed E-state index contributed by atoms with van der Waals surface area (Å²) in [4.78, 5) is 9.13. The molecule has 0 aliphatic heterocycles. The molecule has 1 rings (SSSR count). The van der Waals surface area contributed by atoms with Crippen LogP contribution in [-0.4, -0.2) is 11.6 Å². The fraction of sp³-hybridized carbons (Fsp3) is 0.143. The van der Waals surface area contributed by atoms with Gasteiger partial charge in [-0.2, -0.15) is 0 Å². The Bertz CT molecular complexity index is 172. The van der Waals surface area contributed by atoms with Gasteiger partial charge in [-0.1, -0.05) is 30.3 Å². The Morgan fingerprint density at radius 2 is 1.78 bits per heavy atom. The molecule has 1 unspecified atom stereocenters. The third kappa shape index (κ3) is 1.78. The molecule has 1 N–H and O–H groups in total. The van der Waals surface area contributed by atoms with Crippen LogP contribution >= 0.6 is 8.15 Å². The first-order chi connectivity index (χ1) is 4.30. The lowest BCUT2D eigenvalue weighted by atomic mass is 10.4. The summed E-state index contributed by atoms with van der Waals surface area (Å²) in [5.41, 5.74) is 0. The number of hydrogen-bond donors (Lipinski definition) is 1. The molecule has 0 spiro atoms. The zero-order chi connectivity index (χ0) is 6.69. The third-order valence-corrected chi connectivity index (χ3v) is 2.36. The van der Waals surface area contributed by atoms with Crippen LogP contribution in [0.15, 0.2) is 30.3 Å². The maximum atomic E-state index is 9.13. The van der Waals surface area contributed by atoms with E-state index in [1.54, 1.807) is 0 Å². The molecule has 0 aromatic heterocycles. The minimum atomic E-state index is -1.21. The second kappa shape index (κ2) is 2.95. The number of rotatable bonds is 1. The molecule has 1 aromatic rings. The van der Waals surface area contributed by atoms with Crippen LogP contribution < -0.4 is 5.30 Å². The highest BCUT2D eigenvalue weighted by Crippen LogP contribution is 2.21. The highest BCUT2D eigenvalue weighted by Gasteiger charge is 1.93. The van der Waals surface area contributed by atoms with Gasteiger partial charge in [-0.15, -0.1) is 0 Å². The van der Waals surface area contributed by atoms with Crippen molar-refractivity contribution in [2.45, 2.75) is 0 Å². The molecule has 2 heteroatoms. The molecular weight excluding hydrogens is 131 g/mol. The first-order valence-corrected chi connectivity index (χ1v) is 4.83. The van der Waals surface area contributed by atoms with Gasteiger partial charge in [-0.05, 0) is 20.1 Å². The molecule has 0 heterocycles. The first kappa shape index (κ1) is 6.73. The van der Waals surface area contributed by atoms with Crippen LogP contribution in [0.5, 0.6) is 0 Å². The quantitative estimate of drug-likeness (QED) is 0.580. The van der Waals surface area contributed by atoms with Crippen LogP contribution in [0, 0.1) is 0 Å². The molecule has 0 saturated heterocycles. The van der Waals surface area contributed by atoms with Gasteiger partial charge in [-0.3, -0.25) is 0 Å². The van der Waals surface area contributed by atoms with Crippen LogP contribution in [0.25, 0.3) is 0 Å². The van der Waals surface area contributed by atoms with Gasteiger partial charge in [0.1, 0.15) is 0 Å². The predicted octanol–water partition coefficient (Wildman–Crippen LogP) is 1.06. The smallest absolute Gasteiger partial charge is 0.00322 e. The van der Waals surface area contributed by atoms with E-state index < -0.39 is 8.15 Å². The van der Waals surface area contributed by atoms with Gasteiger partial charge in [0.15, 0.2) is 0 Å². The molecule has 1 atom stereocenters. The zero-order valence-electron chi connectivity index (χ0n) is 5.33. The topological polar surface area (TPSA) is 20.2 Å². The molecule has 9 heavy (non-hydrogen) atoms. The van der Waals surface area contributed by atoms with Gasteiger partial charge < -0.3 is 4.89 Å². The van der Waals surface area contributed by atoms with Crippen molar-refractivity contribution in [3.05, 3.63) is 30.3 Å². The maximum absolute atomic E-state index is 9.13. The third-order valence-electron chi connectivity index (χ3n) is 1.19. The summed E-state index contributed by atoms with van der Waals surface area (Å²) in [6.45, 7) is 1.86. The van der Waals surface area contributed by atoms with Gasteiger partial charge in [0.2, 0.25) is 0 Å². The summed E-state index contributed by atoms with van der Waals surface area (Å²) in [6, 6.07) is 9.75. The minimum absolute atomic E-state index is 1.07. The molecule has 1 radical (unpaired) electrons. The van der Waals surface area contributed by atoms with Crippen molar-refractivity contribution in [1.29, 1.82) is 0 Å². The molecule has 0 fully saturated rings. The van der Waals surface area contributed by atoms with Crippen LogP contribution in [-0.2, 0) is 0 Å². The normalized spacial score (nSPS) is 13.1. The van der Waals surface area contributed by atoms with Gasteiger partial charge in [-0.25, -0.2) is 0 Å². The Labute approximate surface area is 56.2 Å². The molecule has 49 valence electrons. The van der Waals surface area contributed by atoms with E-state index in [0.717, 1.165) is 5.30 Å².